The maximum atomic E-state index is 11.1. The Morgan fingerprint density at radius 2 is 2.24 bits per heavy atom. The lowest BCUT2D eigenvalue weighted by molar-refractivity contribution is -0.384. The van der Waals surface area contributed by atoms with Crippen molar-refractivity contribution in [3.05, 3.63) is 27.9 Å². The Labute approximate surface area is 124 Å². The van der Waals surface area contributed by atoms with Crippen LogP contribution in [0.15, 0.2) is 12.3 Å². The zero-order valence-corrected chi connectivity index (χ0v) is 12.5. The van der Waals surface area contributed by atoms with Gasteiger partial charge in [0.2, 0.25) is 5.82 Å². The molecule has 2 N–H and O–H groups in total. The van der Waals surface area contributed by atoms with Crippen LogP contribution in [0.25, 0.3) is 0 Å². The second-order valence-corrected chi connectivity index (χ2v) is 5.67. The van der Waals surface area contributed by atoms with E-state index >= 15 is 0 Å². The lowest BCUT2D eigenvalue weighted by Gasteiger charge is -2.37. The molecule has 1 aromatic rings. The Kier molecular flexibility index (Phi) is 5.08. The summed E-state index contributed by atoms with van der Waals surface area (Å²) in [5, 5.41) is 17.6. The summed E-state index contributed by atoms with van der Waals surface area (Å²) in [7, 11) is 1.69. The number of nitrogens with zero attached hydrogens (tertiary/aromatic N) is 2. The molecule has 2 heterocycles. The van der Waals surface area contributed by atoms with Crippen molar-refractivity contribution in [1.29, 1.82) is 0 Å². The zero-order valence-electron chi connectivity index (χ0n) is 12.5. The fraction of sp³-hybridized carbons (Fsp3) is 0.643. The van der Waals surface area contributed by atoms with Crippen LogP contribution >= 0.6 is 0 Å². The van der Waals surface area contributed by atoms with Crippen molar-refractivity contribution in [3.63, 3.8) is 0 Å². The van der Waals surface area contributed by atoms with Crippen molar-refractivity contribution in [2.45, 2.75) is 19.8 Å². The van der Waals surface area contributed by atoms with Gasteiger partial charge in [0.15, 0.2) is 0 Å². The van der Waals surface area contributed by atoms with E-state index in [2.05, 4.69) is 15.6 Å². The van der Waals surface area contributed by atoms with E-state index in [1.54, 1.807) is 26.3 Å². The number of piperidine rings is 1. The molecule has 21 heavy (non-hydrogen) atoms. The summed E-state index contributed by atoms with van der Waals surface area (Å²) in [5.74, 6) is 0.333. The van der Waals surface area contributed by atoms with Crippen LogP contribution in [0.3, 0.4) is 0 Å². The normalized spacial score (nSPS) is 17.4. The Hall–Kier alpha value is -1.73. The lowest BCUT2D eigenvalue weighted by Crippen LogP contribution is -2.44. The summed E-state index contributed by atoms with van der Waals surface area (Å²) < 4.78 is 5.35. The molecule has 0 spiro atoms. The SMILES string of the molecule is COCC1(CNc2ncc(C)cc2[N+](=O)[O-])CCNCC1. The Bertz CT molecular complexity index is 495. The van der Waals surface area contributed by atoms with Gasteiger partial charge in [0.1, 0.15) is 0 Å². The maximum Gasteiger partial charge on any atom is 0.311 e. The quantitative estimate of drug-likeness (QED) is 0.613. The fourth-order valence-electron chi connectivity index (χ4n) is 2.74. The first kappa shape index (κ1) is 15.7. The average molecular weight is 294 g/mol. The van der Waals surface area contributed by atoms with E-state index in [0.717, 1.165) is 31.5 Å². The molecule has 0 bridgehead atoms. The summed E-state index contributed by atoms with van der Waals surface area (Å²) in [6, 6.07) is 1.54. The molecule has 0 atom stereocenters. The highest BCUT2D eigenvalue weighted by atomic mass is 16.6. The molecule has 2 rings (SSSR count). The summed E-state index contributed by atoms with van der Waals surface area (Å²) in [5.41, 5.74) is 0.803. The van der Waals surface area contributed by atoms with Crippen LogP contribution in [0.5, 0.6) is 0 Å². The van der Waals surface area contributed by atoms with E-state index in [0.29, 0.717) is 19.0 Å². The van der Waals surface area contributed by atoms with Gasteiger partial charge in [0.05, 0.1) is 11.5 Å². The lowest BCUT2D eigenvalue weighted by atomic mass is 9.79. The Morgan fingerprint density at radius 1 is 1.52 bits per heavy atom. The summed E-state index contributed by atoms with van der Waals surface area (Å²) >= 11 is 0. The van der Waals surface area contributed by atoms with Gasteiger partial charge < -0.3 is 15.4 Å². The minimum atomic E-state index is -0.395. The first-order valence-corrected chi connectivity index (χ1v) is 7.11. The average Bonchev–Trinajstić information content (AvgIpc) is 2.47. The van der Waals surface area contributed by atoms with E-state index < -0.39 is 4.92 Å². The molecule has 116 valence electrons. The van der Waals surface area contributed by atoms with Gasteiger partial charge in [0.25, 0.3) is 0 Å². The third kappa shape index (κ3) is 3.89. The van der Waals surface area contributed by atoms with E-state index in [1.165, 1.54) is 0 Å². The zero-order chi connectivity index (χ0) is 15.3. The number of nitro groups is 1. The molecule has 0 radical (unpaired) electrons. The first-order valence-electron chi connectivity index (χ1n) is 7.11. The Morgan fingerprint density at radius 3 is 2.86 bits per heavy atom. The molecule has 0 saturated carbocycles. The standard InChI is InChI=1S/C14H22N4O3/c1-11-7-12(18(19)20)13(16-8-11)17-9-14(10-21-2)3-5-15-6-4-14/h7-8,15H,3-6,9-10H2,1-2H3,(H,16,17). The molecule has 0 aromatic carbocycles. The highest BCUT2D eigenvalue weighted by Gasteiger charge is 2.32. The number of anilines is 1. The van der Waals surface area contributed by atoms with Crippen molar-refractivity contribution < 1.29 is 9.66 Å². The van der Waals surface area contributed by atoms with Gasteiger partial charge in [-0.15, -0.1) is 0 Å². The van der Waals surface area contributed by atoms with Crippen LogP contribution in [0.1, 0.15) is 18.4 Å². The predicted molar refractivity (Wildman–Crippen MR) is 80.5 cm³/mol. The van der Waals surface area contributed by atoms with Crippen LogP contribution in [0.2, 0.25) is 0 Å². The van der Waals surface area contributed by atoms with Crippen LogP contribution in [-0.4, -0.2) is 43.3 Å². The minimum absolute atomic E-state index is 0.000431. The number of ether oxygens (including phenoxy) is 1. The highest BCUT2D eigenvalue weighted by Crippen LogP contribution is 2.31. The molecule has 7 heteroatoms. The van der Waals surface area contributed by atoms with Crippen molar-refractivity contribution in [3.8, 4) is 0 Å². The molecule has 1 aliphatic rings. The first-order chi connectivity index (χ1) is 10.1. The van der Waals surface area contributed by atoms with Crippen LogP contribution in [0.4, 0.5) is 11.5 Å². The van der Waals surface area contributed by atoms with E-state index in [-0.39, 0.29) is 11.1 Å². The van der Waals surface area contributed by atoms with Crippen LogP contribution < -0.4 is 10.6 Å². The number of aryl methyl sites for hydroxylation is 1. The molecule has 1 fully saturated rings. The number of pyridine rings is 1. The number of hydrogen-bond donors (Lipinski definition) is 2. The van der Waals surface area contributed by atoms with Crippen molar-refractivity contribution in [2.24, 2.45) is 5.41 Å². The summed E-state index contributed by atoms with van der Waals surface area (Å²) in [6.45, 7) is 4.94. The number of rotatable bonds is 6. The van der Waals surface area contributed by atoms with Crippen LogP contribution in [-0.2, 0) is 4.74 Å². The monoisotopic (exact) mass is 294 g/mol. The van der Waals surface area contributed by atoms with Gasteiger partial charge in [-0.2, -0.15) is 0 Å². The molecule has 0 amide bonds. The molecule has 0 aliphatic carbocycles. The maximum absolute atomic E-state index is 11.1. The van der Waals surface area contributed by atoms with E-state index in [4.69, 9.17) is 4.74 Å². The second kappa shape index (κ2) is 6.82. The molecular weight excluding hydrogens is 272 g/mol. The van der Waals surface area contributed by atoms with Gasteiger partial charge in [-0.3, -0.25) is 10.1 Å². The van der Waals surface area contributed by atoms with Gasteiger partial charge in [-0.1, -0.05) is 0 Å². The Balaban J connectivity index is 2.12. The molecular formula is C14H22N4O3. The fourth-order valence-corrected chi connectivity index (χ4v) is 2.74. The van der Waals surface area contributed by atoms with Gasteiger partial charge in [0, 0.05) is 31.3 Å². The number of methoxy groups -OCH3 is 1. The highest BCUT2D eigenvalue weighted by molar-refractivity contribution is 5.56. The molecule has 0 unspecified atom stereocenters. The molecule has 1 aromatic heterocycles. The third-order valence-electron chi connectivity index (χ3n) is 3.95. The summed E-state index contributed by atoms with van der Waals surface area (Å²) in [6.07, 6.45) is 3.60. The van der Waals surface area contributed by atoms with Crippen molar-refractivity contribution in [2.75, 3.05) is 38.7 Å². The van der Waals surface area contributed by atoms with Crippen molar-refractivity contribution in [1.82, 2.24) is 10.3 Å². The second-order valence-electron chi connectivity index (χ2n) is 5.67. The number of hydrogen-bond acceptors (Lipinski definition) is 6. The minimum Gasteiger partial charge on any atom is -0.384 e. The molecule has 7 nitrogen and oxygen atoms in total. The topological polar surface area (TPSA) is 89.3 Å². The van der Waals surface area contributed by atoms with Gasteiger partial charge >= 0.3 is 5.69 Å². The largest absolute Gasteiger partial charge is 0.384 e. The molecule has 1 aliphatic heterocycles. The van der Waals surface area contributed by atoms with Gasteiger partial charge in [-0.25, -0.2) is 4.98 Å². The predicted octanol–water partition coefficient (Wildman–Crippen LogP) is 1.73. The smallest absolute Gasteiger partial charge is 0.311 e. The van der Waals surface area contributed by atoms with E-state index in [9.17, 15) is 10.1 Å². The van der Waals surface area contributed by atoms with E-state index in [1.807, 2.05) is 0 Å². The number of aromatic nitrogens is 1. The van der Waals surface area contributed by atoms with Crippen LogP contribution in [0, 0.1) is 22.5 Å². The number of nitrogens with one attached hydrogen (secondary N) is 2. The van der Waals surface area contributed by atoms with Gasteiger partial charge in [-0.05, 0) is 38.4 Å². The summed E-state index contributed by atoms with van der Waals surface area (Å²) in [4.78, 5) is 14.9. The van der Waals surface area contributed by atoms with Crippen molar-refractivity contribution >= 4 is 11.5 Å². The third-order valence-corrected chi connectivity index (χ3v) is 3.95. The molecule has 1 saturated heterocycles.